The smallest absolute Gasteiger partial charge is 0.150 e. The first kappa shape index (κ1) is 18.4. The number of nitrogens with two attached hydrogens (primary N) is 1. The minimum Gasteiger partial charge on any atom is -0.491 e. The van der Waals surface area contributed by atoms with Gasteiger partial charge < -0.3 is 15.2 Å². The minimum absolute atomic E-state index is 0.0110. The Labute approximate surface area is 161 Å². The molecule has 2 N–H and O–H groups in total. The van der Waals surface area contributed by atoms with Gasteiger partial charge in [0.05, 0.1) is 24.2 Å². The predicted octanol–water partition coefficient (Wildman–Crippen LogP) is 3.79. The Morgan fingerprint density at radius 3 is 2.74 bits per heavy atom. The number of aromatic nitrogens is 3. The second-order valence-corrected chi connectivity index (χ2v) is 8.83. The molecule has 1 unspecified atom stereocenters. The molecule has 2 fully saturated rings. The highest BCUT2D eigenvalue weighted by atomic mass is 16.5. The molecule has 0 spiro atoms. The van der Waals surface area contributed by atoms with Gasteiger partial charge in [-0.25, -0.2) is 4.68 Å². The average Bonchev–Trinajstić information content (AvgIpc) is 3.16. The van der Waals surface area contributed by atoms with Gasteiger partial charge >= 0.3 is 0 Å². The highest BCUT2D eigenvalue weighted by Gasteiger charge is 2.48. The van der Waals surface area contributed by atoms with Crippen LogP contribution in [0.3, 0.4) is 0 Å². The zero-order valence-corrected chi connectivity index (χ0v) is 16.4. The zero-order valence-electron chi connectivity index (χ0n) is 16.4. The first-order chi connectivity index (χ1) is 13.0. The van der Waals surface area contributed by atoms with Gasteiger partial charge in [-0.1, -0.05) is 13.8 Å². The van der Waals surface area contributed by atoms with Crippen molar-refractivity contribution in [3.63, 3.8) is 0 Å². The van der Waals surface area contributed by atoms with Crippen LogP contribution in [0.1, 0.15) is 52.2 Å². The number of hydrogen-bond donors (Lipinski definition) is 1. The molecule has 6 heteroatoms. The zero-order chi connectivity index (χ0) is 18.9. The van der Waals surface area contributed by atoms with Gasteiger partial charge in [-0.2, -0.15) is 5.10 Å². The van der Waals surface area contributed by atoms with Gasteiger partial charge in [0.2, 0.25) is 0 Å². The van der Waals surface area contributed by atoms with Crippen LogP contribution in [0.2, 0.25) is 0 Å². The molecule has 3 heterocycles. The van der Waals surface area contributed by atoms with Crippen LogP contribution in [-0.4, -0.2) is 34.5 Å². The summed E-state index contributed by atoms with van der Waals surface area (Å²) in [5.74, 6) is 0.807. The summed E-state index contributed by atoms with van der Waals surface area (Å²) in [6.07, 6.45) is 9.15. The van der Waals surface area contributed by atoms with E-state index in [9.17, 15) is 0 Å². The molecule has 1 atom stereocenters. The van der Waals surface area contributed by atoms with Gasteiger partial charge in [0.1, 0.15) is 5.75 Å². The molecule has 0 aromatic carbocycles. The van der Waals surface area contributed by atoms with Crippen molar-refractivity contribution in [2.75, 3.05) is 19.8 Å². The van der Waals surface area contributed by atoms with Crippen molar-refractivity contribution in [1.29, 1.82) is 0 Å². The van der Waals surface area contributed by atoms with Crippen LogP contribution in [0.25, 0.3) is 11.4 Å². The summed E-state index contributed by atoms with van der Waals surface area (Å²) in [6, 6.07) is 5.98. The Morgan fingerprint density at radius 1 is 1.22 bits per heavy atom. The van der Waals surface area contributed by atoms with Crippen LogP contribution in [-0.2, 0) is 4.74 Å². The summed E-state index contributed by atoms with van der Waals surface area (Å²) in [4.78, 5) is 4.60. The number of ether oxygens (including phenoxy) is 2. The van der Waals surface area contributed by atoms with E-state index < -0.39 is 0 Å². The third-order valence-electron chi connectivity index (χ3n) is 5.88. The maximum Gasteiger partial charge on any atom is 0.150 e. The quantitative estimate of drug-likeness (QED) is 0.837. The van der Waals surface area contributed by atoms with E-state index in [0.717, 1.165) is 56.0 Å². The maximum atomic E-state index is 6.02. The van der Waals surface area contributed by atoms with Crippen LogP contribution in [0.15, 0.2) is 30.6 Å². The van der Waals surface area contributed by atoms with Crippen molar-refractivity contribution in [2.24, 2.45) is 16.6 Å². The third kappa shape index (κ3) is 3.87. The summed E-state index contributed by atoms with van der Waals surface area (Å²) >= 11 is 0. The van der Waals surface area contributed by atoms with E-state index in [2.05, 4.69) is 23.9 Å². The second kappa shape index (κ2) is 7.24. The molecule has 0 radical (unpaired) electrons. The molecule has 0 amide bonds. The Morgan fingerprint density at radius 2 is 2.07 bits per heavy atom. The molecule has 2 aromatic rings. The lowest BCUT2D eigenvalue weighted by Gasteiger charge is -2.52. The summed E-state index contributed by atoms with van der Waals surface area (Å²) < 4.78 is 13.8. The Balaban J connectivity index is 1.39. The first-order valence-corrected chi connectivity index (χ1v) is 9.95. The molecule has 2 aromatic heterocycles. The van der Waals surface area contributed by atoms with Gasteiger partial charge in [-0.15, -0.1) is 0 Å². The van der Waals surface area contributed by atoms with Gasteiger partial charge in [-0.05, 0) is 62.3 Å². The summed E-state index contributed by atoms with van der Waals surface area (Å²) in [6.45, 7) is 6.78. The molecule has 27 heavy (non-hydrogen) atoms. The third-order valence-corrected chi connectivity index (χ3v) is 5.88. The lowest BCUT2D eigenvalue weighted by atomic mass is 9.55. The fourth-order valence-corrected chi connectivity index (χ4v) is 4.79. The molecule has 1 aliphatic heterocycles. The molecule has 1 saturated carbocycles. The average molecular weight is 370 g/mol. The van der Waals surface area contributed by atoms with Crippen molar-refractivity contribution in [2.45, 2.75) is 52.2 Å². The molecule has 146 valence electrons. The van der Waals surface area contributed by atoms with E-state index in [1.165, 1.54) is 6.42 Å². The fraction of sp³-hybridized carbons (Fsp3) is 0.619. The molecule has 4 rings (SSSR count). The van der Waals surface area contributed by atoms with Crippen molar-refractivity contribution in [1.82, 2.24) is 14.8 Å². The summed E-state index contributed by atoms with van der Waals surface area (Å²) in [7, 11) is 0. The number of pyridine rings is 1. The number of rotatable bonds is 6. The number of hydrogen-bond acceptors (Lipinski definition) is 5. The monoisotopic (exact) mass is 370 g/mol. The SMILES string of the molecule is CC1(CN)CC(C)(COc2ccc(-c3ccnn3C3CCCCO3)nc2)C1. The van der Waals surface area contributed by atoms with E-state index in [1.807, 2.05) is 29.1 Å². The molecular weight excluding hydrogens is 340 g/mol. The van der Waals surface area contributed by atoms with E-state index >= 15 is 0 Å². The van der Waals surface area contributed by atoms with Gasteiger partial charge in [0.25, 0.3) is 0 Å². The fourth-order valence-electron chi connectivity index (χ4n) is 4.79. The Hall–Kier alpha value is -1.92. The molecular formula is C21H30N4O2. The first-order valence-electron chi connectivity index (χ1n) is 9.95. The number of nitrogens with zero attached hydrogens (tertiary/aromatic N) is 3. The second-order valence-electron chi connectivity index (χ2n) is 8.83. The van der Waals surface area contributed by atoms with Gasteiger partial charge in [0.15, 0.2) is 6.23 Å². The van der Waals surface area contributed by atoms with Crippen LogP contribution >= 0.6 is 0 Å². The van der Waals surface area contributed by atoms with E-state index in [1.54, 1.807) is 6.20 Å². The van der Waals surface area contributed by atoms with Crippen LogP contribution < -0.4 is 10.5 Å². The summed E-state index contributed by atoms with van der Waals surface area (Å²) in [5, 5.41) is 4.46. The lowest BCUT2D eigenvalue weighted by molar-refractivity contribution is -0.0386. The summed E-state index contributed by atoms with van der Waals surface area (Å²) in [5.41, 5.74) is 8.22. The standard InChI is InChI=1S/C21H30N4O2/c1-20(14-22)12-21(2,13-20)15-27-16-6-7-17(23-11-16)18-8-9-24-25(18)19-5-3-4-10-26-19/h6-9,11,19H,3-5,10,12-15,22H2,1-2H3. The highest BCUT2D eigenvalue weighted by molar-refractivity contribution is 5.54. The van der Waals surface area contributed by atoms with Crippen molar-refractivity contribution in [3.05, 3.63) is 30.6 Å². The largest absolute Gasteiger partial charge is 0.491 e. The van der Waals surface area contributed by atoms with Crippen molar-refractivity contribution >= 4 is 0 Å². The molecule has 2 aliphatic rings. The minimum atomic E-state index is 0.0110. The molecule has 1 saturated heterocycles. The van der Waals surface area contributed by atoms with Gasteiger partial charge in [-0.3, -0.25) is 4.98 Å². The van der Waals surface area contributed by atoms with Crippen LogP contribution in [0.4, 0.5) is 0 Å². The maximum absolute atomic E-state index is 6.02. The van der Waals surface area contributed by atoms with E-state index in [0.29, 0.717) is 6.61 Å². The molecule has 6 nitrogen and oxygen atoms in total. The van der Waals surface area contributed by atoms with Crippen molar-refractivity contribution < 1.29 is 9.47 Å². The predicted molar refractivity (Wildman–Crippen MR) is 104 cm³/mol. The Bertz CT molecular complexity index is 759. The normalized spacial score (nSPS) is 30.7. The molecule has 1 aliphatic carbocycles. The van der Waals surface area contributed by atoms with E-state index in [4.69, 9.17) is 15.2 Å². The lowest BCUT2D eigenvalue weighted by Crippen LogP contribution is -2.50. The highest BCUT2D eigenvalue weighted by Crippen LogP contribution is 2.53. The van der Waals surface area contributed by atoms with E-state index in [-0.39, 0.29) is 17.1 Å². The molecule has 0 bridgehead atoms. The van der Waals surface area contributed by atoms with Gasteiger partial charge in [0, 0.05) is 18.2 Å². The Kier molecular flexibility index (Phi) is 4.95. The van der Waals surface area contributed by atoms with Crippen LogP contribution in [0.5, 0.6) is 5.75 Å². The van der Waals surface area contributed by atoms with Crippen molar-refractivity contribution in [3.8, 4) is 17.1 Å². The topological polar surface area (TPSA) is 75.2 Å². The van der Waals surface area contributed by atoms with Crippen LogP contribution in [0, 0.1) is 10.8 Å².